The summed E-state index contributed by atoms with van der Waals surface area (Å²) in [5.74, 6) is 0.833. The Morgan fingerprint density at radius 2 is 1.86 bits per heavy atom. The molecule has 146 valence electrons. The molecule has 0 aliphatic carbocycles. The van der Waals surface area contributed by atoms with Gasteiger partial charge in [-0.25, -0.2) is 0 Å². The van der Waals surface area contributed by atoms with Crippen LogP contribution in [0, 0.1) is 0 Å². The van der Waals surface area contributed by atoms with E-state index >= 15 is 0 Å². The van der Waals surface area contributed by atoms with Crippen LogP contribution in [-0.2, 0) is 11.4 Å². The van der Waals surface area contributed by atoms with Crippen molar-refractivity contribution < 1.29 is 19.1 Å². The summed E-state index contributed by atoms with van der Waals surface area (Å²) in [7, 11) is 1.56. The van der Waals surface area contributed by atoms with Gasteiger partial charge in [-0.1, -0.05) is 28.1 Å². The van der Waals surface area contributed by atoms with Gasteiger partial charge in [0.2, 0.25) is 0 Å². The average Bonchev–Trinajstić information content (AvgIpc) is 2.94. The van der Waals surface area contributed by atoms with Crippen LogP contribution in [0.3, 0.4) is 0 Å². The summed E-state index contributed by atoms with van der Waals surface area (Å²) in [5.41, 5.74) is 1.76. The van der Waals surface area contributed by atoms with E-state index in [-0.39, 0.29) is 11.1 Å². The highest BCUT2D eigenvalue weighted by molar-refractivity contribution is 9.10. The first-order chi connectivity index (χ1) is 13.4. The molecule has 2 amide bonds. The third kappa shape index (κ3) is 4.61. The van der Waals surface area contributed by atoms with Gasteiger partial charge in [-0.05, 0) is 76.1 Å². The van der Waals surface area contributed by atoms with Crippen molar-refractivity contribution in [1.29, 1.82) is 0 Å². The summed E-state index contributed by atoms with van der Waals surface area (Å²) in [6.07, 6.45) is 1.69. The third-order valence-electron chi connectivity index (χ3n) is 4.04. The molecule has 2 aromatic carbocycles. The van der Waals surface area contributed by atoms with Crippen molar-refractivity contribution in [1.82, 2.24) is 4.90 Å². The molecule has 0 unspecified atom stereocenters. The molecule has 0 bridgehead atoms. The van der Waals surface area contributed by atoms with Gasteiger partial charge in [0, 0.05) is 11.0 Å². The summed E-state index contributed by atoms with van der Waals surface area (Å²) >= 11 is 7.87. The fourth-order valence-electron chi connectivity index (χ4n) is 2.62. The quantitative estimate of drug-likeness (QED) is 0.441. The van der Waals surface area contributed by atoms with Gasteiger partial charge in [-0.3, -0.25) is 14.5 Å². The van der Waals surface area contributed by atoms with Crippen LogP contribution in [0.2, 0.25) is 0 Å². The van der Waals surface area contributed by atoms with Gasteiger partial charge in [0.15, 0.2) is 11.5 Å². The van der Waals surface area contributed by atoms with Crippen LogP contribution >= 0.6 is 43.6 Å². The van der Waals surface area contributed by atoms with Gasteiger partial charge in [-0.2, -0.15) is 0 Å². The molecule has 2 aromatic rings. The minimum absolute atomic E-state index is 0.251. The minimum Gasteiger partial charge on any atom is -0.493 e. The molecule has 5 nitrogen and oxygen atoms in total. The maximum atomic E-state index is 12.3. The third-order valence-corrected chi connectivity index (χ3v) is 6.06. The van der Waals surface area contributed by atoms with Crippen molar-refractivity contribution in [3.05, 3.63) is 61.4 Å². The van der Waals surface area contributed by atoms with Crippen LogP contribution in [0.5, 0.6) is 11.5 Å². The van der Waals surface area contributed by atoms with E-state index in [4.69, 9.17) is 9.47 Å². The van der Waals surface area contributed by atoms with E-state index in [1.807, 2.05) is 30.3 Å². The fraction of sp³-hybridized carbons (Fsp3) is 0.200. The Labute approximate surface area is 184 Å². The molecule has 0 radical (unpaired) electrons. The summed E-state index contributed by atoms with van der Waals surface area (Å²) in [6.45, 7) is 2.52. The molecule has 28 heavy (non-hydrogen) atoms. The van der Waals surface area contributed by atoms with E-state index in [1.54, 1.807) is 26.2 Å². The van der Waals surface area contributed by atoms with Crippen molar-refractivity contribution in [2.24, 2.45) is 0 Å². The zero-order valence-electron chi connectivity index (χ0n) is 15.2. The van der Waals surface area contributed by atoms with Crippen LogP contribution < -0.4 is 9.47 Å². The van der Waals surface area contributed by atoms with E-state index in [2.05, 4.69) is 31.9 Å². The molecule has 1 saturated heterocycles. The zero-order valence-corrected chi connectivity index (χ0v) is 19.2. The van der Waals surface area contributed by atoms with Crippen LogP contribution in [0.15, 0.2) is 50.2 Å². The molecule has 8 heteroatoms. The summed E-state index contributed by atoms with van der Waals surface area (Å²) in [5, 5.41) is -0.251. The highest BCUT2D eigenvalue weighted by atomic mass is 79.9. The molecule has 1 aliphatic heterocycles. The number of benzene rings is 2. The highest BCUT2D eigenvalue weighted by Crippen LogP contribution is 2.39. The molecule has 1 heterocycles. The minimum atomic E-state index is -0.275. The van der Waals surface area contributed by atoms with E-state index in [0.717, 1.165) is 27.4 Å². The van der Waals surface area contributed by atoms with Gasteiger partial charge in [0.1, 0.15) is 6.61 Å². The number of carbonyl (C=O) groups excluding carboxylic acids is 2. The molecule has 0 spiro atoms. The Kier molecular flexibility index (Phi) is 6.85. The number of ether oxygens (including phenoxy) is 2. The Bertz CT molecular complexity index is 944. The number of hydrogen-bond donors (Lipinski definition) is 0. The Morgan fingerprint density at radius 1 is 1.14 bits per heavy atom. The van der Waals surface area contributed by atoms with Crippen molar-refractivity contribution >= 4 is 60.8 Å². The van der Waals surface area contributed by atoms with E-state index < -0.39 is 0 Å². The number of nitrogens with zero attached hydrogens (tertiary/aromatic N) is 1. The number of thioether (sulfide) groups is 1. The number of likely N-dealkylation sites (N-methyl/N-ethyl adjacent to an activating group) is 1. The topological polar surface area (TPSA) is 55.8 Å². The molecular formula is C20H17Br2NO4S. The molecule has 0 atom stereocenters. The maximum absolute atomic E-state index is 12.3. The van der Waals surface area contributed by atoms with Crippen molar-refractivity contribution in [3.63, 3.8) is 0 Å². The van der Waals surface area contributed by atoms with Crippen molar-refractivity contribution in [2.45, 2.75) is 13.5 Å². The second kappa shape index (κ2) is 9.15. The Morgan fingerprint density at radius 3 is 2.46 bits per heavy atom. The second-order valence-corrected chi connectivity index (χ2v) is 8.64. The summed E-state index contributed by atoms with van der Waals surface area (Å²) < 4.78 is 13.1. The molecule has 0 N–H and O–H groups in total. The van der Waals surface area contributed by atoms with Gasteiger partial charge in [0.05, 0.1) is 16.5 Å². The molecule has 3 rings (SSSR count). The van der Waals surface area contributed by atoms with E-state index in [9.17, 15) is 9.59 Å². The standard InChI is InChI=1S/C20H17Br2NO4S/c1-3-23-19(24)17(28-20(23)25)10-13-8-15(22)18(16(9-13)26-2)27-11-12-4-6-14(21)7-5-12/h4-10H,3,11H2,1-2H3/b17-10+. The molecule has 1 fully saturated rings. The number of methoxy groups -OCH3 is 1. The van der Waals surface area contributed by atoms with Crippen LogP contribution in [0.25, 0.3) is 6.08 Å². The number of amides is 2. The van der Waals surface area contributed by atoms with Crippen LogP contribution in [0.4, 0.5) is 4.79 Å². The van der Waals surface area contributed by atoms with Gasteiger partial charge >= 0.3 is 0 Å². The van der Waals surface area contributed by atoms with Gasteiger partial charge in [0.25, 0.3) is 11.1 Å². The molecule has 1 aliphatic rings. The van der Waals surface area contributed by atoms with E-state index in [0.29, 0.717) is 34.0 Å². The lowest BCUT2D eigenvalue weighted by Gasteiger charge is -2.14. The fourth-order valence-corrected chi connectivity index (χ4v) is 4.36. The highest BCUT2D eigenvalue weighted by Gasteiger charge is 2.33. The Balaban J connectivity index is 1.83. The van der Waals surface area contributed by atoms with Gasteiger partial charge < -0.3 is 9.47 Å². The van der Waals surface area contributed by atoms with Crippen LogP contribution in [0.1, 0.15) is 18.1 Å². The SMILES string of the molecule is CCN1C(=O)S/C(=C/c2cc(Br)c(OCc3ccc(Br)cc3)c(OC)c2)C1=O. The lowest BCUT2D eigenvalue weighted by molar-refractivity contribution is -0.122. The average molecular weight is 527 g/mol. The summed E-state index contributed by atoms with van der Waals surface area (Å²) in [6, 6.07) is 11.5. The summed E-state index contributed by atoms with van der Waals surface area (Å²) in [4.78, 5) is 25.8. The number of hydrogen-bond acceptors (Lipinski definition) is 5. The lowest BCUT2D eigenvalue weighted by atomic mass is 10.1. The smallest absolute Gasteiger partial charge is 0.293 e. The maximum Gasteiger partial charge on any atom is 0.293 e. The van der Waals surface area contributed by atoms with Gasteiger partial charge in [-0.15, -0.1) is 0 Å². The van der Waals surface area contributed by atoms with Crippen molar-refractivity contribution in [3.8, 4) is 11.5 Å². The first-order valence-electron chi connectivity index (χ1n) is 8.43. The zero-order chi connectivity index (χ0) is 20.3. The lowest BCUT2D eigenvalue weighted by Crippen LogP contribution is -2.27. The predicted molar refractivity (Wildman–Crippen MR) is 118 cm³/mol. The number of carbonyl (C=O) groups is 2. The number of imide groups is 1. The van der Waals surface area contributed by atoms with Crippen molar-refractivity contribution in [2.75, 3.05) is 13.7 Å². The van der Waals surface area contributed by atoms with Crippen LogP contribution in [-0.4, -0.2) is 29.7 Å². The van der Waals surface area contributed by atoms with E-state index in [1.165, 1.54) is 4.90 Å². The number of halogens is 2. The largest absolute Gasteiger partial charge is 0.493 e. The molecular weight excluding hydrogens is 510 g/mol. The first kappa shape index (κ1) is 21.0. The number of rotatable bonds is 6. The molecule has 0 aromatic heterocycles. The second-order valence-electron chi connectivity index (χ2n) is 5.88. The monoisotopic (exact) mass is 525 g/mol. The Hall–Kier alpha value is -1.77. The molecule has 0 saturated carbocycles. The predicted octanol–water partition coefficient (Wildman–Crippen LogP) is 5.86. The first-order valence-corrected chi connectivity index (χ1v) is 10.8. The normalized spacial score (nSPS) is 15.4.